The Bertz CT molecular complexity index is 472. The Labute approximate surface area is 115 Å². The van der Waals surface area contributed by atoms with Crippen LogP contribution in [0.5, 0.6) is 0 Å². The molecule has 104 valence electrons. The van der Waals surface area contributed by atoms with E-state index in [0.29, 0.717) is 5.75 Å². The first-order chi connectivity index (χ1) is 9.24. The molecule has 1 aromatic rings. The Morgan fingerprint density at radius 3 is 3.00 bits per heavy atom. The predicted octanol–water partition coefficient (Wildman–Crippen LogP) is -0.110. The summed E-state index contributed by atoms with van der Waals surface area (Å²) in [7, 11) is 0. The van der Waals surface area contributed by atoms with Gasteiger partial charge in [-0.15, -0.1) is 10.2 Å². The van der Waals surface area contributed by atoms with Gasteiger partial charge in [0.05, 0.1) is 19.0 Å². The highest BCUT2D eigenvalue weighted by Gasteiger charge is 2.25. The number of thioether (sulfide) groups is 1. The maximum Gasteiger partial charge on any atom is 0.249 e. The first-order valence-corrected chi connectivity index (χ1v) is 7.40. The maximum absolute atomic E-state index is 11.5. The fourth-order valence-corrected chi connectivity index (χ4v) is 3.03. The molecule has 0 spiro atoms. The molecular weight excluding hydrogens is 266 g/mol. The van der Waals surface area contributed by atoms with Crippen molar-refractivity contribution in [3.8, 4) is 0 Å². The highest BCUT2D eigenvalue weighted by molar-refractivity contribution is 7.99. The average molecular weight is 283 g/mol. The summed E-state index contributed by atoms with van der Waals surface area (Å²) in [4.78, 5) is 13.8. The topological polar surface area (TPSA) is 72.3 Å². The standard InChI is InChI=1S/C11H17N5O2S/c1-8(6-15-2-4-18-5-3-15)10-12-13-11-16(10)14-9(17)7-19-11/h8H,2-7H2,1H3,(H,14,17). The Balaban J connectivity index is 1.71. The van der Waals surface area contributed by atoms with Crippen LogP contribution in [0, 0.1) is 0 Å². The molecule has 0 aromatic carbocycles. The lowest BCUT2D eigenvalue weighted by Gasteiger charge is -2.29. The number of fused-ring (bicyclic) bond motifs is 1. The number of hydrogen-bond acceptors (Lipinski definition) is 6. The van der Waals surface area contributed by atoms with Crippen molar-refractivity contribution in [2.24, 2.45) is 0 Å². The Kier molecular flexibility index (Phi) is 3.72. The Morgan fingerprint density at radius 1 is 1.42 bits per heavy atom. The van der Waals surface area contributed by atoms with E-state index in [-0.39, 0.29) is 11.8 Å². The molecule has 8 heteroatoms. The minimum atomic E-state index is -0.00266. The third-order valence-corrected chi connectivity index (χ3v) is 4.23. The molecule has 3 rings (SSSR count). The summed E-state index contributed by atoms with van der Waals surface area (Å²) in [6.45, 7) is 6.49. The number of ether oxygens (including phenoxy) is 1. The van der Waals surface area contributed by atoms with E-state index in [9.17, 15) is 4.79 Å². The number of amides is 1. The number of hydrogen-bond donors (Lipinski definition) is 1. The number of nitrogens with one attached hydrogen (secondary N) is 1. The molecule has 0 bridgehead atoms. The predicted molar refractivity (Wildman–Crippen MR) is 70.8 cm³/mol. The van der Waals surface area contributed by atoms with Crippen LogP contribution in [0.15, 0.2) is 5.16 Å². The number of carbonyl (C=O) groups is 1. The third kappa shape index (κ3) is 2.75. The molecule has 1 aromatic heterocycles. The van der Waals surface area contributed by atoms with Crippen LogP contribution in [0.1, 0.15) is 18.7 Å². The summed E-state index contributed by atoms with van der Waals surface area (Å²) in [5.41, 5.74) is 2.82. The number of nitrogens with zero attached hydrogens (tertiary/aromatic N) is 4. The summed E-state index contributed by atoms with van der Waals surface area (Å²) in [6, 6.07) is 0. The van der Waals surface area contributed by atoms with Gasteiger partial charge < -0.3 is 4.74 Å². The number of aromatic nitrogens is 3. The van der Waals surface area contributed by atoms with Gasteiger partial charge in [-0.3, -0.25) is 15.1 Å². The average Bonchev–Trinajstić information content (AvgIpc) is 2.82. The van der Waals surface area contributed by atoms with E-state index in [1.807, 2.05) is 0 Å². The summed E-state index contributed by atoms with van der Waals surface area (Å²) in [5, 5.41) is 9.11. The summed E-state index contributed by atoms with van der Waals surface area (Å²) in [5.74, 6) is 1.45. The molecule has 7 nitrogen and oxygen atoms in total. The van der Waals surface area contributed by atoms with Crippen molar-refractivity contribution < 1.29 is 9.53 Å². The first-order valence-electron chi connectivity index (χ1n) is 6.42. The molecule has 2 aliphatic rings. The summed E-state index contributed by atoms with van der Waals surface area (Å²) >= 11 is 1.42. The monoisotopic (exact) mass is 283 g/mol. The lowest BCUT2D eigenvalue weighted by atomic mass is 10.1. The van der Waals surface area contributed by atoms with Gasteiger partial charge >= 0.3 is 0 Å². The smallest absolute Gasteiger partial charge is 0.249 e. The molecule has 19 heavy (non-hydrogen) atoms. The highest BCUT2D eigenvalue weighted by atomic mass is 32.2. The third-order valence-electron chi connectivity index (χ3n) is 3.30. The molecule has 1 N–H and O–H groups in total. The zero-order valence-electron chi connectivity index (χ0n) is 10.8. The number of morpholine rings is 1. The molecule has 0 aliphatic carbocycles. The molecule has 0 radical (unpaired) electrons. The Hall–Kier alpha value is -1.12. The van der Waals surface area contributed by atoms with Crippen molar-refractivity contribution in [1.29, 1.82) is 0 Å². The van der Waals surface area contributed by atoms with Crippen LogP contribution in [-0.4, -0.2) is 64.3 Å². The van der Waals surface area contributed by atoms with Gasteiger partial charge in [0.15, 0.2) is 5.82 Å². The van der Waals surface area contributed by atoms with Crippen LogP contribution < -0.4 is 5.43 Å². The van der Waals surface area contributed by atoms with Gasteiger partial charge in [-0.1, -0.05) is 18.7 Å². The lowest BCUT2D eigenvalue weighted by Crippen LogP contribution is -2.39. The zero-order chi connectivity index (χ0) is 13.2. The fraction of sp³-hybridized carbons (Fsp3) is 0.727. The summed E-state index contributed by atoms with van der Waals surface area (Å²) < 4.78 is 7.07. The molecule has 1 fully saturated rings. The van der Waals surface area contributed by atoms with Crippen LogP contribution in [0.4, 0.5) is 0 Å². The molecule has 0 saturated carbocycles. The number of rotatable bonds is 3. The van der Waals surface area contributed by atoms with E-state index in [1.165, 1.54) is 11.8 Å². The quantitative estimate of drug-likeness (QED) is 0.834. The fourth-order valence-electron chi connectivity index (χ4n) is 2.34. The van der Waals surface area contributed by atoms with Crippen LogP contribution in [0.25, 0.3) is 0 Å². The van der Waals surface area contributed by atoms with Crippen LogP contribution >= 0.6 is 11.8 Å². The van der Waals surface area contributed by atoms with E-state index >= 15 is 0 Å². The van der Waals surface area contributed by atoms with Gasteiger partial charge in [-0.25, -0.2) is 4.68 Å². The largest absolute Gasteiger partial charge is 0.379 e. The van der Waals surface area contributed by atoms with Crippen molar-refractivity contribution in [3.63, 3.8) is 0 Å². The minimum absolute atomic E-state index is 0.00266. The molecule has 1 atom stereocenters. The first kappa shape index (κ1) is 12.9. The second-order valence-electron chi connectivity index (χ2n) is 4.81. The highest BCUT2D eigenvalue weighted by Crippen LogP contribution is 2.23. The molecule has 3 heterocycles. The molecule has 1 saturated heterocycles. The van der Waals surface area contributed by atoms with Crippen molar-refractivity contribution in [3.05, 3.63) is 5.82 Å². The van der Waals surface area contributed by atoms with Crippen molar-refractivity contribution in [2.45, 2.75) is 18.0 Å². The normalized spacial score (nSPS) is 21.8. The van der Waals surface area contributed by atoms with Crippen molar-refractivity contribution in [1.82, 2.24) is 19.8 Å². The molecule has 1 unspecified atom stereocenters. The minimum Gasteiger partial charge on any atom is -0.379 e. The van der Waals surface area contributed by atoms with E-state index in [0.717, 1.165) is 43.8 Å². The second kappa shape index (κ2) is 5.48. The zero-order valence-corrected chi connectivity index (χ0v) is 11.7. The molecular formula is C11H17N5O2S. The number of carbonyl (C=O) groups excluding carboxylic acids is 1. The maximum atomic E-state index is 11.5. The van der Waals surface area contributed by atoms with Crippen LogP contribution in [0.2, 0.25) is 0 Å². The molecule has 1 amide bonds. The van der Waals surface area contributed by atoms with Crippen molar-refractivity contribution >= 4 is 17.7 Å². The summed E-state index contributed by atoms with van der Waals surface area (Å²) in [6.07, 6.45) is 0. The van der Waals surface area contributed by atoms with Crippen LogP contribution in [0.3, 0.4) is 0 Å². The van der Waals surface area contributed by atoms with Gasteiger partial charge in [0, 0.05) is 25.6 Å². The van der Waals surface area contributed by atoms with Gasteiger partial charge in [0.25, 0.3) is 0 Å². The lowest BCUT2D eigenvalue weighted by molar-refractivity contribution is -0.115. The Morgan fingerprint density at radius 2 is 2.21 bits per heavy atom. The van der Waals surface area contributed by atoms with Crippen molar-refractivity contribution in [2.75, 3.05) is 44.0 Å². The van der Waals surface area contributed by atoms with E-state index in [4.69, 9.17) is 4.74 Å². The van der Waals surface area contributed by atoms with E-state index in [1.54, 1.807) is 4.68 Å². The van der Waals surface area contributed by atoms with Gasteiger partial charge in [0.1, 0.15) is 0 Å². The second-order valence-corrected chi connectivity index (χ2v) is 5.76. The van der Waals surface area contributed by atoms with E-state index < -0.39 is 0 Å². The van der Waals surface area contributed by atoms with Gasteiger partial charge in [0.2, 0.25) is 11.1 Å². The van der Waals surface area contributed by atoms with Gasteiger partial charge in [-0.05, 0) is 0 Å². The van der Waals surface area contributed by atoms with E-state index in [2.05, 4.69) is 27.4 Å². The van der Waals surface area contributed by atoms with Crippen LogP contribution in [-0.2, 0) is 9.53 Å². The van der Waals surface area contributed by atoms with Gasteiger partial charge in [-0.2, -0.15) is 0 Å². The molecule has 2 aliphatic heterocycles. The SMILES string of the molecule is CC(CN1CCOCC1)c1nnc2n1NC(=O)CS2.